The highest BCUT2D eigenvalue weighted by Crippen LogP contribution is 2.32. The third-order valence-corrected chi connectivity index (χ3v) is 4.20. The van der Waals surface area contributed by atoms with E-state index in [9.17, 15) is 4.79 Å². The normalized spacial score (nSPS) is 31.4. The van der Waals surface area contributed by atoms with Gasteiger partial charge in [0.2, 0.25) is 5.91 Å². The first kappa shape index (κ1) is 11.9. The molecule has 2 N–H and O–H groups in total. The Bertz CT molecular complexity index is 234. The molecule has 2 fully saturated rings. The zero-order chi connectivity index (χ0) is 11.4. The topological polar surface area (TPSA) is 46.3 Å². The number of hydrogen-bond acceptors (Lipinski definition) is 2. The summed E-state index contributed by atoms with van der Waals surface area (Å²) in [6.45, 7) is 2.64. The highest BCUT2D eigenvalue weighted by molar-refractivity contribution is 5.79. The van der Waals surface area contributed by atoms with E-state index in [2.05, 4.69) is 4.90 Å². The average Bonchev–Trinajstić information content (AvgIpc) is 2.61. The second kappa shape index (κ2) is 5.67. The molecule has 0 aromatic carbocycles. The van der Waals surface area contributed by atoms with E-state index in [1.54, 1.807) is 0 Å². The van der Waals surface area contributed by atoms with E-state index in [1.807, 2.05) is 0 Å². The van der Waals surface area contributed by atoms with Crippen molar-refractivity contribution in [2.75, 3.05) is 19.6 Å². The Morgan fingerprint density at radius 3 is 2.38 bits per heavy atom. The van der Waals surface area contributed by atoms with Crippen LogP contribution in [0.1, 0.15) is 44.9 Å². The van der Waals surface area contributed by atoms with Crippen LogP contribution in [0.3, 0.4) is 0 Å². The highest BCUT2D eigenvalue weighted by Gasteiger charge is 2.34. The van der Waals surface area contributed by atoms with Gasteiger partial charge in [0.1, 0.15) is 0 Å². The highest BCUT2D eigenvalue weighted by atomic mass is 16.2. The van der Waals surface area contributed by atoms with Crippen molar-refractivity contribution in [1.82, 2.24) is 4.90 Å². The van der Waals surface area contributed by atoms with Crippen LogP contribution in [0.15, 0.2) is 0 Å². The molecule has 0 radical (unpaired) electrons. The summed E-state index contributed by atoms with van der Waals surface area (Å²) in [6.07, 6.45) is 8.35. The van der Waals surface area contributed by atoms with Crippen molar-refractivity contribution >= 4 is 5.91 Å². The van der Waals surface area contributed by atoms with Gasteiger partial charge in [0.25, 0.3) is 0 Å². The summed E-state index contributed by atoms with van der Waals surface area (Å²) in [4.78, 5) is 14.5. The lowest BCUT2D eigenvalue weighted by Crippen LogP contribution is -2.39. The maximum atomic E-state index is 12.4. The molecule has 0 spiro atoms. The lowest BCUT2D eigenvalue weighted by Gasteiger charge is -2.26. The number of carbonyl (C=O) groups is 1. The summed E-state index contributed by atoms with van der Waals surface area (Å²) in [5.74, 6) is 1.09. The molecule has 0 unspecified atom stereocenters. The fourth-order valence-corrected chi connectivity index (χ4v) is 3.17. The molecular formula is C13H24N2O. The molecule has 1 aliphatic carbocycles. The maximum absolute atomic E-state index is 12.4. The molecule has 1 aliphatic heterocycles. The summed E-state index contributed by atoms with van der Waals surface area (Å²) in [5, 5.41) is 0. The molecule has 2 aliphatic rings. The van der Waals surface area contributed by atoms with Crippen LogP contribution in [0.25, 0.3) is 0 Å². The first-order chi connectivity index (χ1) is 7.83. The van der Waals surface area contributed by atoms with Gasteiger partial charge in [0, 0.05) is 19.0 Å². The predicted octanol–water partition coefficient (Wildman–Crippen LogP) is 1.76. The summed E-state index contributed by atoms with van der Waals surface area (Å²) in [7, 11) is 0. The second-order valence-electron chi connectivity index (χ2n) is 5.27. The van der Waals surface area contributed by atoms with Crippen molar-refractivity contribution in [3.63, 3.8) is 0 Å². The summed E-state index contributed by atoms with van der Waals surface area (Å²) in [6, 6.07) is 0. The van der Waals surface area contributed by atoms with Crippen molar-refractivity contribution in [2.24, 2.45) is 17.6 Å². The third-order valence-electron chi connectivity index (χ3n) is 4.20. The van der Waals surface area contributed by atoms with Gasteiger partial charge in [-0.2, -0.15) is 0 Å². The largest absolute Gasteiger partial charge is 0.342 e. The zero-order valence-electron chi connectivity index (χ0n) is 10.2. The van der Waals surface area contributed by atoms with Gasteiger partial charge in [-0.05, 0) is 38.1 Å². The van der Waals surface area contributed by atoms with E-state index in [1.165, 1.54) is 32.1 Å². The minimum absolute atomic E-state index is 0.239. The van der Waals surface area contributed by atoms with Crippen LogP contribution in [0, 0.1) is 11.8 Å². The van der Waals surface area contributed by atoms with Gasteiger partial charge in [-0.15, -0.1) is 0 Å². The van der Waals surface area contributed by atoms with Crippen molar-refractivity contribution in [3.8, 4) is 0 Å². The maximum Gasteiger partial charge on any atom is 0.226 e. The standard InChI is InChI=1S/C13H24N2O/c14-10-11-6-5-7-12(11)13(16)15-8-3-1-2-4-9-15/h11-12H,1-10,14H2/t11-,12-/m1/s1. The molecule has 16 heavy (non-hydrogen) atoms. The number of hydrogen-bond donors (Lipinski definition) is 1. The molecule has 2 atom stereocenters. The van der Waals surface area contributed by atoms with Gasteiger partial charge in [-0.1, -0.05) is 19.3 Å². The molecule has 1 heterocycles. The first-order valence-electron chi connectivity index (χ1n) is 6.82. The van der Waals surface area contributed by atoms with Crippen molar-refractivity contribution in [1.29, 1.82) is 0 Å². The molecule has 3 nitrogen and oxygen atoms in total. The van der Waals surface area contributed by atoms with Gasteiger partial charge >= 0.3 is 0 Å². The number of carbonyl (C=O) groups excluding carboxylic acids is 1. The van der Waals surface area contributed by atoms with Crippen LogP contribution in [-0.4, -0.2) is 30.4 Å². The molecule has 1 amide bonds. The van der Waals surface area contributed by atoms with Crippen LogP contribution >= 0.6 is 0 Å². The quantitative estimate of drug-likeness (QED) is 0.777. The summed E-state index contributed by atoms with van der Waals surface area (Å²) in [5.41, 5.74) is 5.75. The SMILES string of the molecule is NC[C@H]1CCC[C@H]1C(=O)N1CCCCCC1. The van der Waals surface area contributed by atoms with Crippen molar-refractivity contribution in [3.05, 3.63) is 0 Å². The number of rotatable bonds is 2. The zero-order valence-corrected chi connectivity index (χ0v) is 10.2. The van der Waals surface area contributed by atoms with E-state index in [0.29, 0.717) is 18.4 Å². The third kappa shape index (κ3) is 2.57. The van der Waals surface area contributed by atoms with Gasteiger partial charge in [-0.3, -0.25) is 4.79 Å². The van der Waals surface area contributed by atoms with Gasteiger partial charge in [0.15, 0.2) is 0 Å². The predicted molar refractivity (Wildman–Crippen MR) is 64.9 cm³/mol. The Labute approximate surface area is 98.4 Å². The molecule has 0 aromatic rings. The van der Waals surface area contributed by atoms with Crippen molar-refractivity contribution in [2.45, 2.75) is 44.9 Å². The minimum Gasteiger partial charge on any atom is -0.342 e. The Morgan fingerprint density at radius 1 is 1.06 bits per heavy atom. The number of likely N-dealkylation sites (tertiary alicyclic amines) is 1. The van der Waals surface area contributed by atoms with Crippen LogP contribution in [-0.2, 0) is 4.79 Å². The van der Waals surface area contributed by atoms with E-state index in [4.69, 9.17) is 5.73 Å². The molecule has 3 heteroatoms. The summed E-state index contributed by atoms with van der Waals surface area (Å²) >= 11 is 0. The number of nitrogens with zero attached hydrogens (tertiary/aromatic N) is 1. The Morgan fingerprint density at radius 2 is 1.75 bits per heavy atom. The van der Waals surface area contributed by atoms with Crippen molar-refractivity contribution < 1.29 is 4.79 Å². The first-order valence-corrected chi connectivity index (χ1v) is 6.82. The lowest BCUT2D eigenvalue weighted by atomic mass is 9.94. The lowest BCUT2D eigenvalue weighted by molar-refractivity contribution is -0.136. The monoisotopic (exact) mass is 224 g/mol. The molecule has 0 aromatic heterocycles. The Hall–Kier alpha value is -0.570. The fourth-order valence-electron chi connectivity index (χ4n) is 3.17. The Kier molecular flexibility index (Phi) is 4.22. The van der Waals surface area contributed by atoms with Gasteiger partial charge < -0.3 is 10.6 Å². The average molecular weight is 224 g/mol. The molecule has 1 saturated carbocycles. The van der Waals surface area contributed by atoms with E-state index >= 15 is 0 Å². The number of nitrogens with two attached hydrogens (primary N) is 1. The van der Waals surface area contributed by atoms with Gasteiger partial charge in [0.05, 0.1) is 0 Å². The van der Waals surface area contributed by atoms with Crippen LogP contribution in [0.2, 0.25) is 0 Å². The van der Waals surface area contributed by atoms with Crippen LogP contribution < -0.4 is 5.73 Å². The van der Waals surface area contributed by atoms with E-state index in [0.717, 1.165) is 25.9 Å². The van der Waals surface area contributed by atoms with Crippen LogP contribution in [0.4, 0.5) is 0 Å². The Balaban J connectivity index is 1.94. The summed E-state index contributed by atoms with van der Waals surface area (Å²) < 4.78 is 0. The molecule has 1 saturated heterocycles. The number of amides is 1. The van der Waals surface area contributed by atoms with E-state index < -0.39 is 0 Å². The fraction of sp³-hybridized carbons (Fsp3) is 0.923. The van der Waals surface area contributed by atoms with Gasteiger partial charge in [-0.25, -0.2) is 0 Å². The second-order valence-corrected chi connectivity index (χ2v) is 5.27. The molecule has 2 rings (SSSR count). The molecule has 0 bridgehead atoms. The van der Waals surface area contributed by atoms with E-state index in [-0.39, 0.29) is 5.92 Å². The molecule has 92 valence electrons. The smallest absolute Gasteiger partial charge is 0.226 e. The van der Waals surface area contributed by atoms with Crippen LogP contribution in [0.5, 0.6) is 0 Å². The minimum atomic E-state index is 0.239. The molecular weight excluding hydrogens is 200 g/mol.